The second-order valence-electron chi connectivity index (χ2n) is 6.62. The van der Waals surface area contributed by atoms with Gasteiger partial charge in [0.05, 0.1) is 19.8 Å². The van der Waals surface area contributed by atoms with Crippen molar-refractivity contribution in [3.8, 4) is 22.8 Å². The molecule has 0 saturated carbocycles. The molecule has 0 aliphatic carbocycles. The van der Waals surface area contributed by atoms with Crippen LogP contribution in [0.4, 0.5) is 5.82 Å². The lowest BCUT2D eigenvalue weighted by Crippen LogP contribution is -2.14. The average molecular weight is 362 g/mol. The van der Waals surface area contributed by atoms with Gasteiger partial charge in [-0.3, -0.25) is 4.98 Å². The smallest absolute Gasteiger partial charge is 0.183 e. The van der Waals surface area contributed by atoms with E-state index in [0.29, 0.717) is 43.3 Å². The van der Waals surface area contributed by atoms with Gasteiger partial charge in [-0.25, -0.2) is 4.99 Å². The zero-order valence-corrected chi connectivity index (χ0v) is 14.7. The Morgan fingerprint density at radius 3 is 2.74 bits per heavy atom. The SMILES string of the molecule is Oc1c(-c2nnc(N=C3CCOCC3)c3cnccc23)ccc2c1CCO2. The van der Waals surface area contributed by atoms with Crippen LogP contribution in [0.1, 0.15) is 18.4 Å². The minimum atomic E-state index is 0.209. The molecule has 2 aliphatic rings. The summed E-state index contributed by atoms with van der Waals surface area (Å²) in [5.74, 6) is 1.50. The Balaban J connectivity index is 1.66. The van der Waals surface area contributed by atoms with Crippen LogP contribution in [0.25, 0.3) is 22.0 Å². The highest BCUT2D eigenvalue weighted by molar-refractivity contribution is 6.01. The third-order valence-electron chi connectivity index (χ3n) is 5.00. The van der Waals surface area contributed by atoms with E-state index < -0.39 is 0 Å². The molecule has 4 heterocycles. The van der Waals surface area contributed by atoms with Gasteiger partial charge in [0.15, 0.2) is 5.82 Å². The molecule has 1 saturated heterocycles. The second kappa shape index (κ2) is 6.59. The predicted octanol–water partition coefficient (Wildman–Crippen LogP) is 3.22. The standard InChI is InChI=1S/C20H18N4O3/c25-19-14-6-10-27-17(14)2-1-15(19)18-13-3-7-21-11-16(13)20(24-23-18)22-12-4-8-26-9-5-12/h1-3,7,11,25H,4-6,8-10H2. The minimum absolute atomic E-state index is 0.209. The van der Waals surface area contributed by atoms with Crippen LogP contribution in [0.3, 0.4) is 0 Å². The van der Waals surface area contributed by atoms with E-state index in [1.165, 1.54) is 0 Å². The van der Waals surface area contributed by atoms with Crippen molar-refractivity contribution < 1.29 is 14.6 Å². The molecular formula is C20H18N4O3. The van der Waals surface area contributed by atoms with Crippen LogP contribution in [0.2, 0.25) is 0 Å². The maximum atomic E-state index is 10.7. The molecule has 0 spiro atoms. The average Bonchev–Trinajstić information content (AvgIpc) is 3.20. The molecule has 5 rings (SSSR count). The molecule has 0 atom stereocenters. The monoisotopic (exact) mass is 362 g/mol. The van der Waals surface area contributed by atoms with Gasteiger partial charge in [-0.05, 0) is 18.2 Å². The fraction of sp³-hybridized carbons (Fsp3) is 0.300. The van der Waals surface area contributed by atoms with Gasteiger partial charge < -0.3 is 14.6 Å². The summed E-state index contributed by atoms with van der Waals surface area (Å²) in [5.41, 5.74) is 3.15. The molecule has 0 unspecified atom stereocenters. The zero-order chi connectivity index (χ0) is 18.2. The lowest BCUT2D eigenvalue weighted by Gasteiger charge is -2.14. The number of hydrogen-bond donors (Lipinski definition) is 1. The maximum absolute atomic E-state index is 10.7. The van der Waals surface area contributed by atoms with Crippen LogP contribution < -0.4 is 4.74 Å². The molecule has 3 aromatic rings. The van der Waals surface area contributed by atoms with Crippen LogP contribution in [0.5, 0.6) is 11.5 Å². The van der Waals surface area contributed by atoms with E-state index >= 15 is 0 Å². The lowest BCUT2D eigenvalue weighted by atomic mass is 10.0. The first-order valence-electron chi connectivity index (χ1n) is 9.04. The third kappa shape index (κ3) is 2.80. The number of ether oxygens (including phenoxy) is 2. The highest BCUT2D eigenvalue weighted by Gasteiger charge is 2.22. The summed E-state index contributed by atoms with van der Waals surface area (Å²) in [6.45, 7) is 1.96. The minimum Gasteiger partial charge on any atom is -0.507 e. The van der Waals surface area contributed by atoms with Gasteiger partial charge in [0, 0.05) is 59.3 Å². The molecule has 2 aliphatic heterocycles. The largest absolute Gasteiger partial charge is 0.507 e. The van der Waals surface area contributed by atoms with Crippen LogP contribution in [-0.4, -0.2) is 45.8 Å². The molecule has 7 nitrogen and oxygen atoms in total. The summed E-state index contributed by atoms with van der Waals surface area (Å²) in [6, 6.07) is 5.59. The molecule has 0 radical (unpaired) electrons. The van der Waals surface area contributed by atoms with Crippen LogP contribution in [-0.2, 0) is 11.2 Å². The highest BCUT2D eigenvalue weighted by Crippen LogP contribution is 2.42. The summed E-state index contributed by atoms with van der Waals surface area (Å²) in [5, 5.41) is 21.2. The Hall–Kier alpha value is -3.06. The molecular weight excluding hydrogens is 344 g/mol. The van der Waals surface area contributed by atoms with Gasteiger partial charge in [0.25, 0.3) is 0 Å². The fourth-order valence-corrected chi connectivity index (χ4v) is 3.58. The molecule has 27 heavy (non-hydrogen) atoms. The normalized spacial score (nSPS) is 16.2. The fourth-order valence-electron chi connectivity index (χ4n) is 3.58. The topological polar surface area (TPSA) is 89.7 Å². The van der Waals surface area contributed by atoms with Crippen LogP contribution in [0.15, 0.2) is 35.6 Å². The van der Waals surface area contributed by atoms with Gasteiger partial charge in [-0.1, -0.05) is 0 Å². The molecule has 2 aromatic heterocycles. The zero-order valence-electron chi connectivity index (χ0n) is 14.7. The highest BCUT2D eigenvalue weighted by atomic mass is 16.5. The van der Waals surface area contributed by atoms with Gasteiger partial charge in [0.1, 0.15) is 17.2 Å². The quantitative estimate of drug-likeness (QED) is 0.753. The number of fused-ring (bicyclic) bond motifs is 2. The number of aromatic nitrogens is 3. The van der Waals surface area contributed by atoms with Crippen LogP contribution in [0, 0.1) is 0 Å². The van der Waals surface area contributed by atoms with Crippen molar-refractivity contribution in [3.05, 3.63) is 36.2 Å². The molecule has 0 bridgehead atoms. The van der Waals surface area contributed by atoms with Gasteiger partial charge in [0.2, 0.25) is 0 Å². The van der Waals surface area contributed by atoms with Crippen molar-refractivity contribution in [2.24, 2.45) is 4.99 Å². The Morgan fingerprint density at radius 1 is 0.963 bits per heavy atom. The molecule has 7 heteroatoms. The van der Waals surface area contributed by atoms with Gasteiger partial charge >= 0.3 is 0 Å². The summed E-state index contributed by atoms with van der Waals surface area (Å²) in [7, 11) is 0. The number of pyridine rings is 1. The second-order valence-corrected chi connectivity index (χ2v) is 6.62. The van der Waals surface area contributed by atoms with Crippen molar-refractivity contribution >= 4 is 22.3 Å². The Bertz CT molecular complexity index is 1060. The first-order valence-corrected chi connectivity index (χ1v) is 9.04. The predicted molar refractivity (Wildman–Crippen MR) is 101 cm³/mol. The molecule has 0 amide bonds. The van der Waals surface area contributed by atoms with Crippen molar-refractivity contribution in [2.75, 3.05) is 19.8 Å². The van der Waals surface area contributed by atoms with Crippen molar-refractivity contribution in [3.63, 3.8) is 0 Å². The molecule has 1 N–H and O–H groups in total. The number of phenols is 1. The summed E-state index contributed by atoms with van der Waals surface area (Å²) >= 11 is 0. The summed E-state index contributed by atoms with van der Waals surface area (Å²) < 4.78 is 10.9. The van der Waals surface area contributed by atoms with E-state index in [1.54, 1.807) is 12.4 Å². The molecule has 1 aromatic carbocycles. The van der Waals surface area contributed by atoms with Crippen molar-refractivity contribution in [1.29, 1.82) is 0 Å². The van der Waals surface area contributed by atoms with E-state index in [1.807, 2.05) is 18.2 Å². The number of benzene rings is 1. The van der Waals surface area contributed by atoms with E-state index in [-0.39, 0.29) is 5.75 Å². The maximum Gasteiger partial charge on any atom is 0.183 e. The number of rotatable bonds is 2. The van der Waals surface area contributed by atoms with Gasteiger partial charge in [-0.15, -0.1) is 10.2 Å². The Labute approximate surface area is 155 Å². The number of nitrogens with zero attached hydrogens (tertiary/aromatic N) is 4. The van der Waals surface area contributed by atoms with Crippen molar-refractivity contribution in [2.45, 2.75) is 19.3 Å². The van der Waals surface area contributed by atoms with Gasteiger partial charge in [-0.2, -0.15) is 0 Å². The van der Waals surface area contributed by atoms with E-state index in [2.05, 4.69) is 15.2 Å². The van der Waals surface area contributed by atoms with Crippen molar-refractivity contribution in [1.82, 2.24) is 15.2 Å². The Kier molecular flexibility index (Phi) is 3.94. The Morgan fingerprint density at radius 2 is 1.85 bits per heavy atom. The number of phenolic OH excluding ortho intramolecular Hbond substituents is 1. The first-order chi connectivity index (χ1) is 13.3. The summed E-state index contributed by atoms with van der Waals surface area (Å²) in [6.07, 6.45) is 5.76. The molecule has 136 valence electrons. The van der Waals surface area contributed by atoms with E-state index in [4.69, 9.17) is 14.5 Å². The number of hydrogen-bond acceptors (Lipinski definition) is 7. The van der Waals surface area contributed by atoms with Crippen LogP contribution >= 0.6 is 0 Å². The number of aromatic hydroxyl groups is 1. The summed E-state index contributed by atoms with van der Waals surface area (Å²) in [4.78, 5) is 8.94. The first kappa shape index (κ1) is 16.1. The van der Waals surface area contributed by atoms with E-state index in [0.717, 1.165) is 40.6 Å². The number of aliphatic imine (C=N–C) groups is 1. The van der Waals surface area contributed by atoms with E-state index in [9.17, 15) is 5.11 Å². The molecule has 1 fully saturated rings. The lowest BCUT2D eigenvalue weighted by molar-refractivity contribution is 0.135. The third-order valence-corrected chi connectivity index (χ3v) is 5.00.